The van der Waals surface area contributed by atoms with Crippen molar-refractivity contribution in [2.45, 2.75) is 38.3 Å². The number of fused-ring (bicyclic) bond motifs is 1. The van der Waals surface area contributed by atoms with Gasteiger partial charge in [-0.3, -0.25) is 14.7 Å². The fraction of sp³-hybridized carbons (Fsp3) is 0.438. The van der Waals surface area contributed by atoms with Crippen molar-refractivity contribution in [2.75, 3.05) is 6.54 Å². The minimum atomic E-state index is 0.0365. The molecule has 0 saturated heterocycles. The third-order valence-electron chi connectivity index (χ3n) is 4.46. The van der Waals surface area contributed by atoms with Gasteiger partial charge in [0.05, 0.1) is 11.3 Å². The monoisotopic (exact) mass is 438 g/mol. The van der Waals surface area contributed by atoms with Crippen molar-refractivity contribution < 1.29 is 0 Å². The van der Waals surface area contributed by atoms with Crippen molar-refractivity contribution in [3.8, 4) is 0 Å². The van der Waals surface area contributed by atoms with Crippen molar-refractivity contribution in [3.05, 3.63) is 54.3 Å². The van der Waals surface area contributed by atoms with Gasteiger partial charge in [0, 0.05) is 53.3 Å². The fourth-order valence-corrected chi connectivity index (χ4v) is 4.18. The van der Waals surface area contributed by atoms with Crippen LogP contribution in [-0.4, -0.2) is 26.4 Å². The molecule has 1 fully saturated rings. The Bertz CT molecular complexity index is 796. The standard InChI is InChI=1S/C16H16Br2N4O/c17-12-5-19-6-13(18)10(12)7-22-4-3-14-11(8-22)16(23)21-15(20-14)9-1-2-9/h5-6,9H,1-4,7-8H2,(H,20,21,23). The lowest BCUT2D eigenvalue weighted by atomic mass is 10.1. The van der Waals surface area contributed by atoms with E-state index in [0.717, 1.165) is 63.9 Å². The quantitative estimate of drug-likeness (QED) is 0.797. The summed E-state index contributed by atoms with van der Waals surface area (Å²) in [4.78, 5) is 26.5. The molecule has 7 heteroatoms. The van der Waals surface area contributed by atoms with E-state index in [-0.39, 0.29) is 5.56 Å². The van der Waals surface area contributed by atoms with Crippen LogP contribution in [0.5, 0.6) is 0 Å². The second-order valence-corrected chi connectivity index (χ2v) is 7.90. The highest BCUT2D eigenvalue weighted by molar-refractivity contribution is 9.11. The molecule has 3 heterocycles. The van der Waals surface area contributed by atoms with Crippen LogP contribution in [0.25, 0.3) is 0 Å². The minimum absolute atomic E-state index is 0.0365. The van der Waals surface area contributed by atoms with Gasteiger partial charge in [0.25, 0.3) is 5.56 Å². The molecular formula is C16H16Br2N4O. The summed E-state index contributed by atoms with van der Waals surface area (Å²) in [7, 11) is 0. The van der Waals surface area contributed by atoms with Crippen molar-refractivity contribution in [2.24, 2.45) is 0 Å². The number of hydrogen-bond donors (Lipinski definition) is 1. The molecule has 0 amide bonds. The summed E-state index contributed by atoms with van der Waals surface area (Å²) < 4.78 is 1.96. The maximum absolute atomic E-state index is 12.4. The van der Waals surface area contributed by atoms with E-state index in [0.29, 0.717) is 12.5 Å². The third-order valence-corrected chi connectivity index (χ3v) is 5.83. The number of rotatable bonds is 3. The Morgan fingerprint density at radius 1 is 1.26 bits per heavy atom. The van der Waals surface area contributed by atoms with E-state index in [1.54, 1.807) is 12.4 Å². The molecule has 0 radical (unpaired) electrons. The molecule has 4 rings (SSSR count). The predicted octanol–water partition coefficient (Wildman–Crippen LogP) is 3.13. The summed E-state index contributed by atoms with van der Waals surface area (Å²) in [6, 6.07) is 0. The van der Waals surface area contributed by atoms with E-state index >= 15 is 0 Å². The summed E-state index contributed by atoms with van der Waals surface area (Å²) in [6.45, 7) is 2.32. The summed E-state index contributed by atoms with van der Waals surface area (Å²) in [5.74, 6) is 1.37. The number of aromatic nitrogens is 3. The average molecular weight is 440 g/mol. The molecule has 0 spiro atoms. The summed E-state index contributed by atoms with van der Waals surface area (Å²) >= 11 is 7.11. The van der Waals surface area contributed by atoms with E-state index in [4.69, 9.17) is 4.98 Å². The number of nitrogens with zero attached hydrogens (tertiary/aromatic N) is 3. The van der Waals surface area contributed by atoms with Crippen LogP contribution in [0.1, 0.15) is 41.4 Å². The van der Waals surface area contributed by atoms with Crippen LogP contribution < -0.4 is 5.56 Å². The molecule has 1 N–H and O–H groups in total. The Hall–Kier alpha value is -1.05. The zero-order valence-electron chi connectivity index (χ0n) is 12.5. The summed E-state index contributed by atoms with van der Waals surface area (Å²) in [5, 5.41) is 0. The van der Waals surface area contributed by atoms with Crippen molar-refractivity contribution >= 4 is 31.9 Å². The molecule has 0 aromatic carbocycles. The van der Waals surface area contributed by atoms with Crippen molar-refractivity contribution in [1.82, 2.24) is 19.9 Å². The number of halogens is 2. The number of pyridine rings is 1. The van der Waals surface area contributed by atoms with Gasteiger partial charge in [0.15, 0.2) is 0 Å². The molecular weight excluding hydrogens is 424 g/mol. The van der Waals surface area contributed by atoms with Gasteiger partial charge in [0.2, 0.25) is 0 Å². The Morgan fingerprint density at radius 3 is 2.70 bits per heavy atom. The molecule has 0 unspecified atom stereocenters. The van der Waals surface area contributed by atoms with Crippen molar-refractivity contribution in [3.63, 3.8) is 0 Å². The number of aromatic amines is 1. The van der Waals surface area contributed by atoms with E-state index in [1.165, 1.54) is 0 Å². The average Bonchev–Trinajstić information content (AvgIpc) is 3.36. The Kier molecular flexibility index (Phi) is 4.11. The smallest absolute Gasteiger partial charge is 0.255 e. The molecule has 1 aliphatic carbocycles. The maximum atomic E-state index is 12.4. The molecule has 2 aromatic heterocycles. The van der Waals surface area contributed by atoms with Gasteiger partial charge in [-0.15, -0.1) is 0 Å². The fourth-order valence-electron chi connectivity index (χ4n) is 3.00. The van der Waals surface area contributed by atoms with E-state index in [2.05, 4.69) is 46.7 Å². The first-order chi connectivity index (χ1) is 11.1. The van der Waals surface area contributed by atoms with E-state index < -0.39 is 0 Å². The molecule has 5 nitrogen and oxygen atoms in total. The molecule has 1 aliphatic heterocycles. The summed E-state index contributed by atoms with van der Waals surface area (Å²) in [5.41, 5.74) is 3.00. The molecule has 120 valence electrons. The second-order valence-electron chi connectivity index (χ2n) is 6.19. The topological polar surface area (TPSA) is 61.9 Å². The van der Waals surface area contributed by atoms with Gasteiger partial charge in [0.1, 0.15) is 5.82 Å². The molecule has 2 aromatic rings. The minimum Gasteiger partial charge on any atom is -0.310 e. The van der Waals surface area contributed by atoms with Gasteiger partial charge in [-0.2, -0.15) is 0 Å². The molecule has 23 heavy (non-hydrogen) atoms. The van der Waals surface area contributed by atoms with Crippen LogP contribution in [0.2, 0.25) is 0 Å². The SMILES string of the molecule is O=c1[nH]c(C2CC2)nc2c1CN(Cc1c(Br)cncc1Br)CC2. The highest BCUT2D eigenvalue weighted by Gasteiger charge is 2.29. The first-order valence-corrected chi connectivity index (χ1v) is 9.32. The van der Waals surface area contributed by atoms with Crippen LogP contribution in [0, 0.1) is 0 Å². The van der Waals surface area contributed by atoms with E-state index in [1.807, 2.05) is 0 Å². The molecule has 2 aliphatic rings. The summed E-state index contributed by atoms with van der Waals surface area (Å²) in [6.07, 6.45) is 6.73. The van der Waals surface area contributed by atoms with Gasteiger partial charge >= 0.3 is 0 Å². The highest BCUT2D eigenvalue weighted by Crippen LogP contribution is 2.38. The zero-order valence-corrected chi connectivity index (χ0v) is 15.7. The van der Waals surface area contributed by atoms with Gasteiger partial charge < -0.3 is 4.98 Å². The lowest BCUT2D eigenvalue weighted by Gasteiger charge is -2.28. The Labute approximate surface area is 150 Å². The normalized spacial score (nSPS) is 18.0. The highest BCUT2D eigenvalue weighted by atomic mass is 79.9. The van der Waals surface area contributed by atoms with E-state index in [9.17, 15) is 4.79 Å². The molecule has 0 atom stereocenters. The lowest BCUT2D eigenvalue weighted by Crippen LogP contribution is -2.36. The number of H-pyrrole nitrogens is 1. The van der Waals surface area contributed by atoms with Gasteiger partial charge in [-0.1, -0.05) is 0 Å². The largest absolute Gasteiger partial charge is 0.310 e. The maximum Gasteiger partial charge on any atom is 0.255 e. The number of hydrogen-bond acceptors (Lipinski definition) is 4. The number of nitrogens with one attached hydrogen (secondary N) is 1. The Morgan fingerprint density at radius 2 is 2.00 bits per heavy atom. The Balaban J connectivity index is 1.58. The first kappa shape index (κ1) is 15.5. The van der Waals surface area contributed by atoms with Gasteiger partial charge in [-0.05, 0) is 50.3 Å². The lowest BCUT2D eigenvalue weighted by molar-refractivity contribution is 0.240. The van der Waals surface area contributed by atoms with Crippen molar-refractivity contribution in [1.29, 1.82) is 0 Å². The second kappa shape index (κ2) is 6.11. The van der Waals surface area contributed by atoms with Crippen LogP contribution in [-0.2, 0) is 19.5 Å². The third kappa shape index (κ3) is 3.14. The van der Waals surface area contributed by atoms with Crippen LogP contribution in [0.3, 0.4) is 0 Å². The molecule has 1 saturated carbocycles. The van der Waals surface area contributed by atoms with Crippen LogP contribution in [0.15, 0.2) is 26.1 Å². The predicted molar refractivity (Wildman–Crippen MR) is 94.3 cm³/mol. The van der Waals surface area contributed by atoms with Crippen LogP contribution >= 0.6 is 31.9 Å². The zero-order chi connectivity index (χ0) is 16.0. The first-order valence-electron chi connectivity index (χ1n) is 7.74. The van der Waals surface area contributed by atoms with Crippen LogP contribution in [0.4, 0.5) is 0 Å². The molecule has 0 bridgehead atoms. The van der Waals surface area contributed by atoms with Gasteiger partial charge in [-0.25, -0.2) is 4.98 Å².